The van der Waals surface area contributed by atoms with Gasteiger partial charge in [0.25, 0.3) is 0 Å². The minimum Gasteiger partial charge on any atom is -0.304 e. The Hall–Kier alpha value is -1.76. The van der Waals surface area contributed by atoms with Crippen LogP contribution in [0.1, 0.15) is 59.8 Å². The topological polar surface area (TPSA) is 12.9 Å². The minimum atomic E-state index is 0. The Balaban J connectivity index is 0.00000180. The van der Waals surface area contributed by atoms with Crippen LogP contribution in [0, 0.1) is 19.9 Å². The van der Waals surface area contributed by atoms with Gasteiger partial charge in [0.05, 0.1) is 0 Å². The van der Waals surface area contributed by atoms with E-state index in [1.54, 1.807) is 11.1 Å². The molecule has 0 atom stereocenters. The van der Waals surface area contributed by atoms with Crippen molar-refractivity contribution in [3.63, 3.8) is 0 Å². The van der Waals surface area contributed by atoms with Crippen LogP contribution in [-0.2, 0) is 20.1 Å². The summed E-state index contributed by atoms with van der Waals surface area (Å²) in [6, 6.07) is 19.0. The van der Waals surface area contributed by atoms with Gasteiger partial charge in [-0.2, -0.15) is 0 Å². The average Bonchev–Trinajstić information content (AvgIpc) is 2.69. The largest absolute Gasteiger partial charge is 0.304 e. The monoisotopic (exact) mass is 531 g/mol. The second kappa shape index (κ2) is 7.34. The Morgan fingerprint density at radius 1 is 0.889 bits per heavy atom. The first kappa shape index (κ1) is 18.6. The number of fused-ring (bicyclic) bond motifs is 2. The maximum Gasteiger partial charge on any atom is 0.0239 e. The second-order valence-corrected chi connectivity index (χ2v) is 8.00. The van der Waals surface area contributed by atoms with Crippen LogP contribution in [0.5, 0.6) is 0 Å². The number of aromatic nitrogens is 1. The van der Waals surface area contributed by atoms with Gasteiger partial charge < -0.3 is 4.98 Å². The first-order valence-electron chi connectivity index (χ1n) is 9.79. The Morgan fingerprint density at radius 3 is 2.19 bits per heavy atom. The van der Waals surface area contributed by atoms with Crippen LogP contribution in [0.15, 0.2) is 48.7 Å². The molecule has 1 fully saturated rings. The summed E-state index contributed by atoms with van der Waals surface area (Å²) in [5, 5.41) is 0. The molecule has 0 saturated heterocycles. The fraction of sp³-hybridized carbons (Fsp3) is 0.320. The molecule has 139 valence electrons. The Labute approximate surface area is 175 Å². The van der Waals surface area contributed by atoms with E-state index in [0.29, 0.717) is 0 Å². The number of hydrogen-bond donors (Lipinski definition) is 0. The summed E-state index contributed by atoms with van der Waals surface area (Å²) in [5.41, 5.74) is 10.4. The zero-order valence-corrected chi connectivity index (χ0v) is 18.3. The van der Waals surface area contributed by atoms with Gasteiger partial charge in [-0.3, -0.25) is 0 Å². The molecule has 0 unspecified atom stereocenters. The van der Waals surface area contributed by atoms with E-state index in [1.807, 2.05) is 6.20 Å². The van der Waals surface area contributed by atoms with E-state index in [-0.39, 0.29) is 20.1 Å². The molecule has 3 aliphatic rings. The molecular formula is C25H24IrN-. The molecule has 6 rings (SSSR count). The van der Waals surface area contributed by atoms with E-state index < -0.39 is 0 Å². The SMILES string of the molecule is Cc1cccc(C)c1-c1ccc(-c2[c-]cc3c(c2)C2CCC3CC2)nc1.[Ir]. The average molecular weight is 531 g/mol. The molecule has 2 heteroatoms. The van der Waals surface area contributed by atoms with Gasteiger partial charge in [-0.25, -0.2) is 0 Å². The Morgan fingerprint density at radius 2 is 1.56 bits per heavy atom. The van der Waals surface area contributed by atoms with Gasteiger partial charge in [-0.15, -0.1) is 34.9 Å². The van der Waals surface area contributed by atoms with Crippen molar-refractivity contribution in [2.24, 2.45) is 0 Å². The molecule has 2 aromatic carbocycles. The van der Waals surface area contributed by atoms with Crippen molar-refractivity contribution in [1.29, 1.82) is 0 Å². The van der Waals surface area contributed by atoms with E-state index in [9.17, 15) is 0 Å². The van der Waals surface area contributed by atoms with Gasteiger partial charge in [-0.05, 0) is 60.6 Å². The van der Waals surface area contributed by atoms with Crippen molar-refractivity contribution in [1.82, 2.24) is 4.98 Å². The van der Waals surface area contributed by atoms with E-state index in [0.717, 1.165) is 23.1 Å². The molecule has 1 nitrogen and oxygen atoms in total. The van der Waals surface area contributed by atoms with Crippen molar-refractivity contribution in [2.45, 2.75) is 51.4 Å². The van der Waals surface area contributed by atoms with Crippen molar-refractivity contribution in [3.8, 4) is 22.4 Å². The standard InChI is InChI=1S/C25H24N.Ir/c1-16-4-3-5-17(2)25(16)21-11-13-24(26-15-21)20-10-12-22-18-6-8-19(9-7-18)23(22)14-20;/h3-5,11-15,18-19H,6-9H2,1-2H3;/q-1;. The van der Waals surface area contributed by atoms with Crippen LogP contribution < -0.4 is 0 Å². The van der Waals surface area contributed by atoms with Gasteiger partial charge in [0.1, 0.15) is 0 Å². The molecule has 3 aliphatic carbocycles. The third-order valence-corrected chi connectivity index (χ3v) is 6.43. The maximum absolute atomic E-state index is 4.79. The van der Waals surface area contributed by atoms with E-state index in [1.165, 1.54) is 47.9 Å². The predicted octanol–water partition coefficient (Wildman–Crippen LogP) is 6.58. The summed E-state index contributed by atoms with van der Waals surface area (Å²) in [6.45, 7) is 4.34. The fourth-order valence-corrected chi connectivity index (χ4v) is 5.06. The molecular weight excluding hydrogens is 506 g/mol. The molecule has 0 amide bonds. The molecule has 2 bridgehead atoms. The molecule has 1 heterocycles. The van der Waals surface area contributed by atoms with Crippen LogP contribution in [-0.4, -0.2) is 4.98 Å². The van der Waals surface area contributed by atoms with Gasteiger partial charge >= 0.3 is 0 Å². The molecule has 1 radical (unpaired) electrons. The van der Waals surface area contributed by atoms with E-state index in [2.05, 4.69) is 62.4 Å². The van der Waals surface area contributed by atoms with Crippen molar-refractivity contribution in [3.05, 3.63) is 77.0 Å². The molecule has 0 N–H and O–H groups in total. The van der Waals surface area contributed by atoms with Gasteiger partial charge in [-0.1, -0.05) is 49.1 Å². The number of aryl methyl sites for hydroxylation is 2. The summed E-state index contributed by atoms with van der Waals surface area (Å²) in [5.74, 6) is 1.54. The quantitative estimate of drug-likeness (QED) is 0.341. The summed E-state index contributed by atoms with van der Waals surface area (Å²) in [4.78, 5) is 4.79. The van der Waals surface area contributed by atoms with Gasteiger partial charge in [0.15, 0.2) is 0 Å². The molecule has 27 heavy (non-hydrogen) atoms. The van der Waals surface area contributed by atoms with Crippen molar-refractivity contribution in [2.75, 3.05) is 0 Å². The van der Waals surface area contributed by atoms with Crippen LogP contribution in [0.4, 0.5) is 0 Å². The molecule has 0 aliphatic heterocycles. The Bertz CT molecular complexity index is 946. The van der Waals surface area contributed by atoms with Crippen molar-refractivity contribution >= 4 is 0 Å². The zero-order valence-electron chi connectivity index (χ0n) is 15.9. The summed E-state index contributed by atoms with van der Waals surface area (Å²) in [6.07, 6.45) is 7.48. The fourth-order valence-electron chi connectivity index (χ4n) is 5.06. The third kappa shape index (κ3) is 3.20. The third-order valence-electron chi connectivity index (χ3n) is 6.43. The first-order valence-corrected chi connectivity index (χ1v) is 9.79. The summed E-state index contributed by atoms with van der Waals surface area (Å²) < 4.78 is 0. The molecule has 3 aromatic rings. The minimum absolute atomic E-state index is 0. The predicted molar refractivity (Wildman–Crippen MR) is 107 cm³/mol. The molecule has 1 saturated carbocycles. The molecule has 1 aromatic heterocycles. The van der Waals surface area contributed by atoms with Gasteiger partial charge in [0, 0.05) is 26.3 Å². The Kier molecular flexibility index (Phi) is 5.05. The number of benzene rings is 2. The van der Waals surface area contributed by atoms with Gasteiger partial charge in [0.2, 0.25) is 0 Å². The first-order chi connectivity index (χ1) is 12.7. The number of nitrogens with zero attached hydrogens (tertiary/aromatic N) is 1. The maximum atomic E-state index is 4.79. The second-order valence-electron chi connectivity index (χ2n) is 8.00. The van der Waals surface area contributed by atoms with E-state index in [4.69, 9.17) is 4.98 Å². The summed E-state index contributed by atoms with van der Waals surface area (Å²) in [7, 11) is 0. The van der Waals surface area contributed by atoms with Crippen LogP contribution in [0.2, 0.25) is 0 Å². The van der Waals surface area contributed by atoms with Crippen LogP contribution >= 0.6 is 0 Å². The van der Waals surface area contributed by atoms with E-state index >= 15 is 0 Å². The van der Waals surface area contributed by atoms with Crippen molar-refractivity contribution < 1.29 is 20.1 Å². The molecule has 0 spiro atoms. The van der Waals surface area contributed by atoms with Crippen LogP contribution in [0.25, 0.3) is 22.4 Å². The zero-order chi connectivity index (χ0) is 17.7. The smallest absolute Gasteiger partial charge is 0.0239 e. The summed E-state index contributed by atoms with van der Waals surface area (Å²) >= 11 is 0. The van der Waals surface area contributed by atoms with Crippen LogP contribution in [0.3, 0.4) is 0 Å². The number of pyridine rings is 1. The normalized spacial score (nSPS) is 20.1. The number of rotatable bonds is 2. The number of hydrogen-bond acceptors (Lipinski definition) is 1.